The summed E-state index contributed by atoms with van der Waals surface area (Å²) in [7, 11) is 1.60. The highest BCUT2D eigenvalue weighted by atomic mass is 79.9. The maximum Gasteiger partial charge on any atom is 0.169 e. The Morgan fingerprint density at radius 2 is 2.13 bits per heavy atom. The van der Waals surface area contributed by atoms with Crippen molar-refractivity contribution >= 4 is 21.7 Å². The lowest BCUT2D eigenvalue weighted by atomic mass is 10.3. The molecule has 0 aliphatic heterocycles. The molecule has 0 amide bonds. The average molecular weight is 273 g/mol. The number of rotatable bonds is 4. The van der Waals surface area contributed by atoms with Crippen LogP contribution < -0.4 is 9.47 Å². The van der Waals surface area contributed by atoms with Crippen LogP contribution in [0, 0.1) is 0 Å². The molecule has 15 heavy (non-hydrogen) atoms. The van der Waals surface area contributed by atoms with E-state index in [0.717, 1.165) is 10.2 Å². The molecule has 0 saturated heterocycles. The molecule has 1 aromatic carbocycles. The lowest BCUT2D eigenvalue weighted by Crippen LogP contribution is -2.20. The summed E-state index contributed by atoms with van der Waals surface area (Å²) >= 11 is 3.35. The highest BCUT2D eigenvalue weighted by Gasteiger charge is 2.11. The van der Waals surface area contributed by atoms with Gasteiger partial charge in [0.2, 0.25) is 0 Å². The Labute approximate surface area is 97.5 Å². The van der Waals surface area contributed by atoms with Gasteiger partial charge in [0, 0.05) is 0 Å². The first-order chi connectivity index (χ1) is 7.04. The van der Waals surface area contributed by atoms with Gasteiger partial charge in [-0.2, -0.15) is 0 Å². The number of benzene rings is 1. The first kappa shape index (κ1) is 12.0. The van der Waals surface area contributed by atoms with E-state index in [2.05, 4.69) is 15.9 Å². The molecule has 0 bridgehead atoms. The maximum atomic E-state index is 11.0. The second-order valence-electron chi connectivity index (χ2n) is 3.17. The van der Waals surface area contributed by atoms with E-state index < -0.39 is 6.10 Å². The van der Waals surface area contributed by atoms with E-state index in [4.69, 9.17) is 9.47 Å². The molecule has 0 aliphatic carbocycles. The monoisotopic (exact) mass is 272 g/mol. The van der Waals surface area contributed by atoms with E-state index in [1.165, 1.54) is 6.92 Å². The van der Waals surface area contributed by atoms with Gasteiger partial charge in [-0.3, -0.25) is 4.79 Å². The molecule has 1 rings (SSSR count). The number of carbonyl (C=O) groups excluding carboxylic acids is 1. The van der Waals surface area contributed by atoms with Crippen LogP contribution in [-0.4, -0.2) is 19.0 Å². The normalized spacial score (nSPS) is 12.0. The minimum atomic E-state index is -0.435. The van der Waals surface area contributed by atoms with Crippen molar-refractivity contribution in [2.75, 3.05) is 7.11 Å². The van der Waals surface area contributed by atoms with Crippen molar-refractivity contribution in [3.63, 3.8) is 0 Å². The van der Waals surface area contributed by atoms with Crippen LogP contribution in [0.3, 0.4) is 0 Å². The molecule has 0 aromatic heterocycles. The van der Waals surface area contributed by atoms with E-state index in [9.17, 15) is 4.79 Å². The largest absolute Gasteiger partial charge is 0.497 e. The third-order valence-electron chi connectivity index (χ3n) is 2.02. The second kappa shape index (κ2) is 5.16. The average Bonchev–Trinajstić information content (AvgIpc) is 2.20. The highest BCUT2D eigenvalue weighted by molar-refractivity contribution is 9.10. The molecule has 1 unspecified atom stereocenters. The Morgan fingerprint density at radius 1 is 1.47 bits per heavy atom. The zero-order chi connectivity index (χ0) is 11.4. The van der Waals surface area contributed by atoms with Gasteiger partial charge >= 0.3 is 0 Å². The molecule has 0 N–H and O–H groups in total. The Hall–Kier alpha value is -1.03. The molecule has 82 valence electrons. The van der Waals surface area contributed by atoms with Gasteiger partial charge in [0.05, 0.1) is 11.6 Å². The molecule has 0 fully saturated rings. The summed E-state index contributed by atoms with van der Waals surface area (Å²) in [6.45, 7) is 3.22. The number of methoxy groups -OCH3 is 1. The van der Waals surface area contributed by atoms with E-state index in [1.54, 1.807) is 32.2 Å². The Balaban J connectivity index is 2.82. The molecule has 0 aliphatic rings. The summed E-state index contributed by atoms with van der Waals surface area (Å²) in [5.41, 5.74) is 0. The predicted octanol–water partition coefficient (Wildman–Crippen LogP) is 2.81. The van der Waals surface area contributed by atoms with Gasteiger partial charge in [-0.05, 0) is 48.0 Å². The van der Waals surface area contributed by atoms with Gasteiger partial charge in [-0.1, -0.05) is 0 Å². The third kappa shape index (κ3) is 3.23. The van der Waals surface area contributed by atoms with Crippen LogP contribution in [0.25, 0.3) is 0 Å². The smallest absolute Gasteiger partial charge is 0.169 e. The fourth-order valence-electron chi connectivity index (χ4n) is 0.978. The SMILES string of the molecule is COc1ccc(OC(C)C(C)=O)c(Br)c1. The molecule has 0 spiro atoms. The maximum absolute atomic E-state index is 11.0. The van der Waals surface area contributed by atoms with Crippen molar-refractivity contribution in [2.24, 2.45) is 0 Å². The third-order valence-corrected chi connectivity index (χ3v) is 2.63. The number of halogens is 1. The summed E-state index contributed by atoms with van der Waals surface area (Å²) in [6.07, 6.45) is -0.435. The van der Waals surface area contributed by atoms with Crippen LogP contribution >= 0.6 is 15.9 Å². The molecule has 3 nitrogen and oxygen atoms in total. The van der Waals surface area contributed by atoms with Crippen LogP contribution in [0.1, 0.15) is 13.8 Å². The number of Topliss-reactive ketones (excluding diaryl/α,β-unsaturated/α-hetero) is 1. The summed E-state index contributed by atoms with van der Waals surface area (Å²) in [5, 5.41) is 0. The van der Waals surface area contributed by atoms with Crippen LogP contribution in [0.15, 0.2) is 22.7 Å². The van der Waals surface area contributed by atoms with Crippen LogP contribution in [0.4, 0.5) is 0 Å². The van der Waals surface area contributed by atoms with E-state index >= 15 is 0 Å². The summed E-state index contributed by atoms with van der Waals surface area (Å²) in [5.74, 6) is 1.38. The van der Waals surface area contributed by atoms with Crippen molar-refractivity contribution in [2.45, 2.75) is 20.0 Å². The van der Waals surface area contributed by atoms with E-state index in [1.807, 2.05) is 0 Å². The zero-order valence-electron chi connectivity index (χ0n) is 8.91. The summed E-state index contributed by atoms with van der Waals surface area (Å²) < 4.78 is 11.3. The Kier molecular flexibility index (Phi) is 4.15. The van der Waals surface area contributed by atoms with E-state index in [0.29, 0.717) is 5.75 Å². The number of ether oxygens (including phenoxy) is 2. The number of hydrogen-bond donors (Lipinski definition) is 0. The van der Waals surface area contributed by atoms with Crippen molar-refractivity contribution in [1.82, 2.24) is 0 Å². The lowest BCUT2D eigenvalue weighted by Gasteiger charge is -2.13. The quantitative estimate of drug-likeness (QED) is 0.846. The minimum absolute atomic E-state index is 0.00211. The van der Waals surface area contributed by atoms with Crippen molar-refractivity contribution < 1.29 is 14.3 Å². The van der Waals surface area contributed by atoms with Crippen molar-refractivity contribution in [3.8, 4) is 11.5 Å². The summed E-state index contributed by atoms with van der Waals surface area (Å²) in [6, 6.07) is 5.34. The topological polar surface area (TPSA) is 35.5 Å². The van der Waals surface area contributed by atoms with Gasteiger partial charge in [0.15, 0.2) is 11.9 Å². The molecule has 0 radical (unpaired) electrons. The minimum Gasteiger partial charge on any atom is -0.497 e. The molecule has 1 atom stereocenters. The second-order valence-corrected chi connectivity index (χ2v) is 4.02. The predicted molar refractivity (Wildman–Crippen MR) is 61.5 cm³/mol. The molecule has 0 heterocycles. The number of ketones is 1. The van der Waals surface area contributed by atoms with Crippen LogP contribution in [-0.2, 0) is 4.79 Å². The number of carbonyl (C=O) groups is 1. The molecule has 1 aromatic rings. The first-order valence-corrected chi connectivity index (χ1v) is 5.34. The molecular formula is C11H13BrO3. The Morgan fingerprint density at radius 3 is 2.60 bits per heavy atom. The fraction of sp³-hybridized carbons (Fsp3) is 0.364. The standard InChI is InChI=1S/C11H13BrO3/c1-7(13)8(2)15-11-5-4-9(14-3)6-10(11)12/h4-6,8H,1-3H3. The van der Waals surface area contributed by atoms with Crippen LogP contribution in [0.2, 0.25) is 0 Å². The van der Waals surface area contributed by atoms with Crippen molar-refractivity contribution in [1.29, 1.82) is 0 Å². The molecule has 0 saturated carbocycles. The highest BCUT2D eigenvalue weighted by Crippen LogP contribution is 2.29. The van der Waals surface area contributed by atoms with Crippen molar-refractivity contribution in [3.05, 3.63) is 22.7 Å². The first-order valence-electron chi connectivity index (χ1n) is 4.55. The molecular weight excluding hydrogens is 260 g/mol. The van der Waals surface area contributed by atoms with Gasteiger partial charge in [0.1, 0.15) is 11.5 Å². The summed E-state index contributed by atoms with van der Waals surface area (Å²) in [4.78, 5) is 11.0. The van der Waals surface area contributed by atoms with Gasteiger partial charge in [0.25, 0.3) is 0 Å². The van der Waals surface area contributed by atoms with Gasteiger partial charge < -0.3 is 9.47 Å². The van der Waals surface area contributed by atoms with E-state index in [-0.39, 0.29) is 5.78 Å². The zero-order valence-corrected chi connectivity index (χ0v) is 10.5. The fourth-order valence-corrected chi connectivity index (χ4v) is 1.43. The number of hydrogen-bond acceptors (Lipinski definition) is 3. The molecule has 4 heteroatoms. The van der Waals surface area contributed by atoms with Gasteiger partial charge in [-0.25, -0.2) is 0 Å². The van der Waals surface area contributed by atoms with Gasteiger partial charge in [-0.15, -0.1) is 0 Å². The Bertz CT molecular complexity index is 363. The lowest BCUT2D eigenvalue weighted by molar-refractivity contribution is -0.122. The van der Waals surface area contributed by atoms with Crippen LogP contribution in [0.5, 0.6) is 11.5 Å².